The Morgan fingerprint density at radius 1 is 1.20 bits per heavy atom. The van der Waals surface area contributed by atoms with E-state index >= 15 is 0 Å². The number of hydrogen-bond acceptors (Lipinski definition) is 1. The van der Waals surface area contributed by atoms with Crippen LogP contribution in [-0.4, -0.2) is 6.10 Å². The zero-order valence-corrected chi connectivity index (χ0v) is 9.89. The second-order valence-corrected chi connectivity index (χ2v) is 4.72. The second kappa shape index (κ2) is 4.89. The van der Waals surface area contributed by atoms with E-state index in [9.17, 15) is 0 Å². The Bertz CT molecular complexity index is 329. The summed E-state index contributed by atoms with van der Waals surface area (Å²) in [5.41, 5.74) is 1.17. The van der Waals surface area contributed by atoms with Crippen LogP contribution < -0.4 is 4.74 Å². The van der Waals surface area contributed by atoms with E-state index in [1.807, 2.05) is 18.2 Å². The van der Waals surface area contributed by atoms with Crippen LogP contribution in [0, 0.1) is 6.92 Å². The van der Waals surface area contributed by atoms with Crippen LogP contribution in [0.2, 0.25) is 5.02 Å². The van der Waals surface area contributed by atoms with E-state index in [-0.39, 0.29) is 0 Å². The topological polar surface area (TPSA) is 9.23 Å². The summed E-state index contributed by atoms with van der Waals surface area (Å²) in [6.45, 7) is 2.06. The highest BCUT2D eigenvalue weighted by Gasteiger charge is 2.15. The van der Waals surface area contributed by atoms with Crippen molar-refractivity contribution in [3.05, 3.63) is 28.8 Å². The van der Waals surface area contributed by atoms with Crippen molar-refractivity contribution in [2.45, 2.75) is 45.1 Å². The number of halogens is 1. The van der Waals surface area contributed by atoms with Gasteiger partial charge in [-0.1, -0.05) is 24.1 Å². The van der Waals surface area contributed by atoms with Crippen molar-refractivity contribution in [2.75, 3.05) is 0 Å². The zero-order chi connectivity index (χ0) is 10.7. The molecule has 0 aromatic heterocycles. The highest BCUT2D eigenvalue weighted by molar-refractivity contribution is 6.30. The number of aryl methyl sites for hydroxylation is 1. The van der Waals surface area contributed by atoms with Crippen molar-refractivity contribution in [3.8, 4) is 5.75 Å². The molecular weight excluding hydrogens is 208 g/mol. The summed E-state index contributed by atoms with van der Waals surface area (Å²) < 4.78 is 5.98. The molecule has 1 aromatic carbocycles. The van der Waals surface area contributed by atoms with Crippen LogP contribution in [0.3, 0.4) is 0 Å². The Labute approximate surface area is 96.4 Å². The van der Waals surface area contributed by atoms with Crippen molar-refractivity contribution in [1.29, 1.82) is 0 Å². The summed E-state index contributed by atoms with van der Waals surface area (Å²) in [5, 5.41) is 0.756. The Kier molecular flexibility index (Phi) is 3.53. The van der Waals surface area contributed by atoms with Gasteiger partial charge in [-0.05, 0) is 50.3 Å². The summed E-state index contributed by atoms with van der Waals surface area (Å²) in [7, 11) is 0. The Morgan fingerprint density at radius 3 is 2.67 bits per heavy atom. The van der Waals surface area contributed by atoms with Crippen LogP contribution in [0.25, 0.3) is 0 Å². The van der Waals surface area contributed by atoms with Gasteiger partial charge in [-0.2, -0.15) is 0 Å². The number of rotatable bonds is 2. The van der Waals surface area contributed by atoms with E-state index in [2.05, 4.69) is 6.92 Å². The standard InChI is InChI=1S/C13H17ClO/c1-10-7-8-11(14)9-13(10)15-12-5-3-2-4-6-12/h7-9,12H,2-6H2,1H3. The highest BCUT2D eigenvalue weighted by Crippen LogP contribution is 2.27. The van der Waals surface area contributed by atoms with Crippen molar-refractivity contribution in [3.63, 3.8) is 0 Å². The average Bonchev–Trinajstić information content (AvgIpc) is 2.25. The molecule has 0 spiro atoms. The number of hydrogen-bond donors (Lipinski definition) is 0. The first-order chi connectivity index (χ1) is 7.25. The van der Waals surface area contributed by atoms with E-state index in [0.717, 1.165) is 10.8 Å². The lowest BCUT2D eigenvalue weighted by atomic mass is 9.98. The molecule has 15 heavy (non-hydrogen) atoms. The van der Waals surface area contributed by atoms with E-state index in [1.165, 1.54) is 37.7 Å². The predicted octanol–water partition coefficient (Wildman–Crippen LogP) is 4.36. The third-order valence-corrected chi connectivity index (χ3v) is 3.23. The van der Waals surface area contributed by atoms with Gasteiger partial charge in [0.2, 0.25) is 0 Å². The SMILES string of the molecule is Cc1ccc(Cl)cc1OC1CCCCC1. The molecule has 0 aliphatic heterocycles. The van der Waals surface area contributed by atoms with Gasteiger partial charge in [-0.25, -0.2) is 0 Å². The molecule has 1 aliphatic carbocycles. The molecule has 2 rings (SSSR count). The second-order valence-electron chi connectivity index (χ2n) is 4.29. The van der Waals surface area contributed by atoms with Crippen LogP contribution in [0.1, 0.15) is 37.7 Å². The molecule has 1 fully saturated rings. The molecule has 0 amide bonds. The molecule has 82 valence electrons. The molecule has 1 aromatic rings. The quantitative estimate of drug-likeness (QED) is 0.725. The lowest BCUT2D eigenvalue weighted by Gasteiger charge is -2.23. The van der Waals surface area contributed by atoms with E-state index in [0.29, 0.717) is 6.10 Å². The van der Waals surface area contributed by atoms with Gasteiger partial charge in [0, 0.05) is 5.02 Å². The predicted molar refractivity (Wildman–Crippen MR) is 63.7 cm³/mol. The molecule has 1 aliphatic rings. The molecule has 0 heterocycles. The summed E-state index contributed by atoms with van der Waals surface area (Å²) >= 11 is 5.95. The minimum atomic E-state index is 0.399. The number of ether oxygens (including phenoxy) is 1. The molecule has 0 saturated heterocycles. The van der Waals surface area contributed by atoms with Crippen molar-refractivity contribution in [1.82, 2.24) is 0 Å². The monoisotopic (exact) mass is 224 g/mol. The molecule has 0 radical (unpaired) electrons. The van der Waals surface area contributed by atoms with Gasteiger partial charge in [-0.15, -0.1) is 0 Å². The first kappa shape index (κ1) is 10.8. The van der Waals surface area contributed by atoms with Crippen molar-refractivity contribution in [2.24, 2.45) is 0 Å². The van der Waals surface area contributed by atoms with Crippen molar-refractivity contribution >= 4 is 11.6 Å². The molecule has 0 bridgehead atoms. The molecule has 0 N–H and O–H groups in total. The van der Waals surface area contributed by atoms with Gasteiger partial charge in [0.25, 0.3) is 0 Å². The van der Waals surface area contributed by atoms with E-state index < -0.39 is 0 Å². The molecule has 1 saturated carbocycles. The lowest BCUT2D eigenvalue weighted by molar-refractivity contribution is 0.154. The third-order valence-electron chi connectivity index (χ3n) is 3.00. The Morgan fingerprint density at radius 2 is 1.93 bits per heavy atom. The van der Waals surface area contributed by atoms with Gasteiger partial charge in [0.15, 0.2) is 0 Å². The first-order valence-corrected chi connectivity index (χ1v) is 6.06. The van der Waals surface area contributed by atoms with Gasteiger partial charge in [0.05, 0.1) is 6.10 Å². The fourth-order valence-corrected chi connectivity index (χ4v) is 2.23. The van der Waals surface area contributed by atoms with Crippen LogP contribution in [0.15, 0.2) is 18.2 Å². The van der Waals surface area contributed by atoms with Gasteiger partial charge in [-0.3, -0.25) is 0 Å². The van der Waals surface area contributed by atoms with E-state index in [1.54, 1.807) is 0 Å². The van der Waals surface area contributed by atoms with Gasteiger partial charge in [0.1, 0.15) is 5.75 Å². The summed E-state index contributed by atoms with van der Waals surface area (Å²) in [6, 6.07) is 5.84. The normalized spacial score (nSPS) is 17.7. The summed E-state index contributed by atoms with van der Waals surface area (Å²) in [6.07, 6.45) is 6.72. The zero-order valence-electron chi connectivity index (χ0n) is 9.13. The summed E-state index contributed by atoms with van der Waals surface area (Å²) in [4.78, 5) is 0. The first-order valence-electron chi connectivity index (χ1n) is 5.68. The van der Waals surface area contributed by atoms with Crippen LogP contribution in [0.5, 0.6) is 5.75 Å². The minimum Gasteiger partial charge on any atom is -0.490 e. The van der Waals surface area contributed by atoms with Gasteiger partial charge < -0.3 is 4.74 Å². The lowest BCUT2D eigenvalue weighted by Crippen LogP contribution is -2.19. The van der Waals surface area contributed by atoms with Crippen molar-refractivity contribution < 1.29 is 4.74 Å². The van der Waals surface area contributed by atoms with Crippen LogP contribution in [0.4, 0.5) is 0 Å². The molecule has 1 nitrogen and oxygen atoms in total. The molecule has 0 atom stereocenters. The average molecular weight is 225 g/mol. The van der Waals surface area contributed by atoms with Crippen LogP contribution in [-0.2, 0) is 0 Å². The van der Waals surface area contributed by atoms with E-state index in [4.69, 9.17) is 16.3 Å². The maximum absolute atomic E-state index is 5.98. The third kappa shape index (κ3) is 2.88. The van der Waals surface area contributed by atoms with Crippen LogP contribution >= 0.6 is 11.6 Å². The Hall–Kier alpha value is -0.690. The van der Waals surface area contributed by atoms with Gasteiger partial charge >= 0.3 is 0 Å². The highest BCUT2D eigenvalue weighted by atomic mass is 35.5. The summed E-state index contributed by atoms with van der Waals surface area (Å²) in [5.74, 6) is 0.953. The smallest absolute Gasteiger partial charge is 0.124 e. The fraction of sp³-hybridized carbons (Fsp3) is 0.538. The minimum absolute atomic E-state index is 0.399. The largest absolute Gasteiger partial charge is 0.490 e. The maximum atomic E-state index is 5.98. The molecule has 2 heteroatoms. The molecular formula is C13H17ClO. The maximum Gasteiger partial charge on any atom is 0.124 e. The number of benzene rings is 1. The Balaban J connectivity index is 2.05. The molecule has 0 unspecified atom stereocenters. The fourth-order valence-electron chi connectivity index (χ4n) is 2.06.